The fourth-order valence-electron chi connectivity index (χ4n) is 5.45. The minimum absolute atomic E-state index is 0.0197. The van der Waals surface area contributed by atoms with Gasteiger partial charge < -0.3 is 24.7 Å². The molecule has 0 radical (unpaired) electrons. The summed E-state index contributed by atoms with van der Waals surface area (Å²) in [6.07, 6.45) is 7.84. The monoisotopic (exact) mass is 579 g/mol. The average Bonchev–Trinajstić information content (AvgIpc) is 3.67. The van der Waals surface area contributed by atoms with Crippen LogP contribution in [0.25, 0.3) is 22.4 Å². The number of pyridine rings is 1. The number of aromatic carboxylic acids is 1. The SMILES string of the molecule is Cn1c(CN(C(=O)C2CCCCC2)c2ccc(-c3ccc(C(=O)O)o3)cc2)nc2ccccc21.NCCc1ccccn1. The second kappa shape index (κ2) is 13.9. The summed E-state index contributed by atoms with van der Waals surface area (Å²) in [5.74, 6) is 0.248. The minimum Gasteiger partial charge on any atom is -0.475 e. The lowest BCUT2D eigenvalue weighted by Gasteiger charge is -2.29. The van der Waals surface area contributed by atoms with E-state index in [0.29, 0.717) is 18.8 Å². The van der Waals surface area contributed by atoms with E-state index in [-0.39, 0.29) is 17.6 Å². The van der Waals surface area contributed by atoms with Gasteiger partial charge in [-0.15, -0.1) is 0 Å². The van der Waals surface area contributed by atoms with Crippen molar-refractivity contribution in [3.8, 4) is 11.3 Å². The van der Waals surface area contributed by atoms with Crippen LogP contribution in [0.3, 0.4) is 0 Å². The molecule has 3 heterocycles. The number of imidazole rings is 1. The summed E-state index contributed by atoms with van der Waals surface area (Å²) in [4.78, 5) is 35.5. The maximum absolute atomic E-state index is 13.7. The first kappa shape index (κ1) is 29.7. The summed E-state index contributed by atoms with van der Waals surface area (Å²) in [6.45, 7) is 1.06. The van der Waals surface area contributed by atoms with E-state index >= 15 is 0 Å². The number of anilines is 1. The van der Waals surface area contributed by atoms with Gasteiger partial charge in [-0.05, 0) is 80.1 Å². The predicted octanol–water partition coefficient (Wildman–Crippen LogP) is 6.23. The summed E-state index contributed by atoms with van der Waals surface area (Å²) < 4.78 is 7.47. The van der Waals surface area contributed by atoms with E-state index in [2.05, 4.69) is 4.98 Å². The highest BCUT2D eigenvalue weighted by molar-refractivity contribution is 5.95. The molecule has 43 heavy (non-hydrogen) atoms. The van der Waals surface area contributed by atoms with Gasteiger partial charge in [0.15, 0.2) is 0 Å². The number of hydrogen-bond acceptors (Lipinski definition) is 6. The van der Waals surface area contributed by atoms with E-state index in [1.165, 1.54) is 12.5 Å². The molecule has 9 nitrogen and oxygen atoms in total. The van der Waals surface area contributed by atoms with Crippen LogP contribution < -0.4 is 10.6 Å². The number of carbonyl (C=O) groups excluding carboxylic acids is 1. The normalized spacial score (nSPS) is 13.3. The standard InChI is InChI=1S/C27H27N3O4.C7H10N2/c1-29-22-10-6-5-9-21(22)28-25(29)17-30(26(31)19-7-3-2-4-8-19)20-13-11-18(12-14-20)23-15-16-24(34-23)27(32)33;8-5-4-7-3-1-2-6-9-7/h5-6,9-16,19H,2-4,7-8,17H2,1H3,(H,32,33);1-3,6H,4-5,8H2. The molecule has 1 fully saturated rings. The van der Waals surface area contributed by atoms with Crippen molar-refractivity contribution in [2.75, 3.05) is 11.4 Å². The largest absolute Gasteiger partial charge is 0.475 e. The Morgan fingerprint density at radius 1 is 0.977 bits per heavy atom. The van der Waals surface area contributed by atoms with Gasteiger partial charge in [-0.3, -0.25) is 9.78 Å². The quantitative estimate of drug-likeness (QED) is 0.223. The molecule has 1 aliphatic rings. The number of furan rings is 1. The highest BCUT2D eigenvalue weighted by Crippen LogP contribution is 2.31. The topological polar surface area (TPSA) is 127 Å². The van der Waals surface area contributed by atoms with Crippen LogP contribution in [0.4, 0.5) is 5.69 Å². The number of nitrogens with two attached hydrogens (primary N) is 1. The number of amides is 1. The smallest absolute Gasteiger partial charge is 0.371 e. The summed E-state index contributed by atoms with van der Waals surface area (Å²) in [5.41, 5.74) is 9.87. The van der Waals surface area contributed by atoms with Crippen LogP contribution >= 0.6 is 0 Å². The highest BCUT2D eigenvalue weighted by atomic mass is 16.4. The number of carbonyl (C=O) groups is 2. The molecule has 1 saturated carbocycles. The van der Waals surface area contributed by atoms with E-state index in [4.69, 9.17) is 20.2 Å². The Kier molecular flexibility index (Phi) is 9.63. The predicted molar refractivity (Wildman–Crippen MR) is 167 cm³/mol. The molecule has 0 bridgehead atoms. The molecule has 9 heteroatoms. The Morgan fingerprint density at radius 3 is 2.37 bits per heavy atom. The lowest BCUT2D eigenvalue weighted by Crippen LogP contribution is -2.37. The number of aromatic nitrogens is 3. The van der Waals surface area contributed by atoms with Gasteiger partial charge in [0, 0.05) is 42.5 Å². The van der Waals surface area contributed by atoms with Crippen molar-refractivity contribution in [2.24, 2.45) is 18.7 Å². The van der Waals surface area contributed by atoms with Crippen molar-refractivity contribution in [1.29, 1.82) is 0 Å². The number of carboxylic acids is 1. The van der Waals surface area contributed by atoms with Crippen molar-refractivity contribution >= 4 is 28.6 Å². The van der Waals surface area contributed by atoms with Crippen LogP contribution in [-0.4, -0.2) is 38.1 Å². The number of rotatable bonds is 8. The number of para-hydroxylation sites is 2. The Labute approximate surface area is 251 Å². The molecule has 6 rings (SSSR count). The molecule has 0 atom stereocenters. The summed E-state index contributed by atoms with van der Waals surface area (Å²) in [7, 11) is 1.98. The molecule has 5 aromatic rings. The maximum atomic E-state index is 13.7. The first-order chi connectivity index (χ1) is 20.9. The summed E-state index contributed by atoms with van der Waals surface area (Å²) >= 11 is 0. The van der Waals surface area contributed by atoms with Crippen molar-refractivity contribution in [3.05, 3.63) is 102 Å². The third-order valence-electron chi connectivity index (χ3n) is 7.81. The van der Waals surface area contributed by atoms with E-state index in [1.807, 2.05) is 83.2 Å². The molecule has 2 aromatic carbocycles. The Morgan fingerprint density at radius 2 is 1.72 bits per heavy atom. The molecular weight excluding hydrogens is 542 g/mol. The van der Waals surface area contributed by atoms with E-state index in [1.54, 1.807) is 12.3 Å². The third kappa shape index (κ3) is 7.18. The molecule has 1 amide bonds. The Bertz CT molecular complexity index is 1650. The summed E-state index contributed by atoms with van der Waals surface area (Å²) in [6, 6.07) is 24.4. The lowest BCUT2D eigenvalue weighted by atomic mass is 9.88. The molecule has 0 saturated heterocycles. The van der Waals surface area contributed by atoms with Gasteiger partial charge in [0.1, 0.15) is 11.6 Å². The highest BCUT2D eigenvalue weighted by Gasteiger charge is 2.28. The van der Waals surface area contributed by atoms with E-state index in [9.17, 15) is 9.59 Å². The zero-order valence-corrected chi connectivity index (χ0v) is 24.4. The van der Waals surface area contributed by atoms with Gasteiger partial charge in [0.05, 0.1) is 17.6 Å². The molecule has 222 valence electrons. The molecule has 0 spiro atoms. The van der Waals surface area contributed by atoms with Crippen LogP contribution in [0.5, 0.6) is 0 Å². The van der Waals surface area contributed by atoms with Gasteiger partial charge in [-0.25, -0.2) is 9.78 Å². The zero-order chi connectivity index (χ0) is 30.2. The van der Waals surface area contributed by atoms with Crippen molar-refractivity contribution in [1.82, 2.24) is 14.5 Å². The van der Waals surface area contributed by atoms with Gasteiger partial charge in [-0.2, -0.15) is 0 Å². The van der Waals surface area contributed by atoms with Crippen LogP contribution in [0, 0.1) is 5.92 Å². The van der Waals surface area contributed by atoms with Gasteiger partial charge >= 0.3 is 5.97 Å². The van der Waals surface area contributed by atoms with Crippen molar-refractivity contribution in [2.45, 2.75) is 45.1 Å². The number of hydrogen-bond donors (Lipinski definition) is 2. The minimum atomic E-state index is -1.10. The second-order valence-corrected chi connectivity index (χ2v) is 10.7. The number of nitrogens with zero attached hydrogens (tertiary/aromatic N) is 4. The van der Waals surface area contributed by atoms with Crippen molar-refractivity contribution in [3.63, 3.8) is 0 Å². The van der Waals surface area contributed by atoms with Crippen LogP contribution in [0.15, 0.2) is 89.5 Å². The van der Waals surface area contributed by atoms with Crippen LogP contribution in [0.1, 0.15) is 54.2 Å². The summed E-state index contributed by atoms with van der Waals surface area (Å²) in [5, 5.41) is 9.12. The molecule has 0 unspecified atom stereocenters. The number of benzene rings is 2. The third-order valence-corrected chi connectivity index (χ3v) is 7.81. The molecule has 1 aliphatic carbocycles. The average molecular weight is 580 g/mol. The fraction of sp³-hybridized carbons (Fsp3) is 0.294. The number of aryl methyl sites for hydroxylation is 1. The van der Waals surface area contributed by atoms with E-state index in [0.717, 1.165) is 65.9 Å². The molecule has 3 aromatic heterocycles. The fourth-order valence-corrected chi connectivity index (χ4v) is 5.45. The molecule has 3 N–H and O–H groups in total. The van der Waals surface area contributed by atoms with Crippen LogP contribution in [-0.2, 0) is 24.8 Å². The lowest BCUT2D eigenvalue weighted by molar-refractivity contribution is -0.123. The Hall–Kier alpha value is -4.76. The molecule has 0 aliphatic heterocycles. The second-order valence-electron chi connectivity index (χ2n) is 10.7. The first-order valence-corrected chi connectivity index (χ1v) is 14.7. The Balaban J connectivity index is 0.000000351. The zero-order valence-electron chi connectivity index (χ0n) is 24.4. The number of carboxylic acid groups (broad SMARTS) is 1. The van der Waals surface area contributed by atoms with Gasteiger partial charge in [0.25, 0.3) is 0 Å². The number of fused-ring (bicyclic) bond motifs is 1. The van der Waals surface area contributed by atoms with Gasteiger partial charge in [0.2, 0.25) is 11.7 Å². The van der Waals surface area contributed by atoms with Crippen molar-refractivity contribution < 1.29 is 19.1 Å². The van der Waals surface area contributed by atoms with Crippen LogP contribution in [0.2, 0.25) is 0 Å². The maximum Gasteiger partial charge on any atom is 0.371 e. The molecular formula is C34H37N5O4. The first-order valence-electron chi connectivity index (χ1n) is 14.7. The van der Waals surface area contributed by atoms with Gasteiger partial charge in [-0.1, -0.05) is 37.5 Å². The van der Waals surface area contributed by atoms with E-state index < -0.39 is 5.97 Å².